The molecule has 0 aliphatic carbocycles. The Morgan fingerprint density at radius 1 is 1.37 bits per heavy atom. The van der Waals surface area contributed by atoms with Crippen LogP contribution in [0.1, 0.15) is 24.8 Å². The van der Waals surface area contributed by atoms with Crippen LogP contribution in [0.25, 0.3) is 0 Å². The maximum Gasteiger partial charge on any atom is 0.312 e. The first-order valence-corrected chi connectivity index (χ1v) is 6.41. The van der Waals surface area contributed by atoms with Gasteiger partial charge in [-0.15, -0.1) is 0 Å². The van der Waals surface area contributed by atoms with Gasteiger partial charge in [0.25, 0.3) is 0 Å². The van der Waals surface area contributed by atoms with Crippen molar-refractivity contribution < 1.29 is 10.0 Å². The van der Waals surface area contributed by atoms with Crippen LogP contribution in [0.4, 0.5) is 5.69 Å². The van der Waals surface area contributed by atoms with Gasteiger partial charge in [-0.3, -0.25) is 15.1 Å². The van der Waals surface area contributed by atoms with E-state index >= 15 is 0 Å². The molecule has 1 aromatic rings. The zero-order valence-electron chi connectivity index (χ0n) is 10.3. The zero-order valence-corrected chi connectivity index (χ0v) is 11.0. The summed E-state index contributed by atoms with van der Waals surface area (Å²) in [5.74, 6) is -0.407. The third-order valence-corrected chi connectivity index (χ3v) is 3.19. The van der Waals surface area contributed by atoms with Gasteiger partial charge < -0.3 is 5.11 Å². The Balaban J connectivity index is 2.24. The molecule has 0 saturated carbocycles. The monoisotopic (exact) mass is 283 g/mol. The average molecular weight is 284 g/mol. The number of phenols is 1. The van der Waals surface area contributed by atoms with Crippen LogP contribution in [-0.2, 0) is 0 Å². The molecular weight excluding hydrogens is 270 g/mol. The van der Waals surface area contributed by atoms with Crippen LogP contribution in [-0.4, -0.2) is 34.3 Å². The van der Waals surface area contributed by atoms with Gasteiger partial charge in [0.1, 0.15) is 0 Å². The molecule has 2 rings (SSSR count). The van der Waals surface area contributed by atoms with Gasteiger partial charge in [0, 0.05) is 29.7 Å². The minimum absolute atomic E-state index is 0.199. The van der Waals surface area contributed by atoms with Gasteiger partial charge in [-0.2, -0.15) is 5.10 Å². The van der Waals surface area contributed by atoms with Crippen molar-refractivity contribution in [2.24, 2.45) is 5.10 Å². The van der Waals surface area contributed by atoms with E-state index in [1.54, 1.807) is 0 Å². The highest BCUT2D eigenvalue weighted by Crippen LogP contribution is 2.32. The van der Waals surface area contributed by atoms with Gasteiger partial charge in [0.05, 0.1) is 11.1 Å². The molecular formula is C12H14ClN3O3. The maximum atomic E-state index is 10.8. The van der Waals surface area contributed by atoms with E-state index in [0.29, 0.717) is 0 Å². The number of hydrogen-bond acceptors (Lipinski definition) is 5. The SMILES string of the molecule is O=[N+]([O-])c1cc(Cl)cc(C=NN2CCCCC2)c1O. The first kappa shape index (κ1) is 13.6. The molecule has 1 heterocycles. The highest BCUT2D eigenvalue weighted by atomic mass is 35.5. The third-order valence-electron chi connectivity index (χ3n) is 2.97. The van der Waals surface area contributed by atoms with Crippen molar-refractivity contribution in [2.75, 3.05) is 13.1 Å². The molecule has 1 fully saturated rings. The molecule has 1 aliphatic heterocycles. The third kappa shape index (κ3) is 3.35. The van der Waals surface area contributed by atoms with Gasteiger partial charge in [-0.05, 0) is 25.3 Å². The number of hydrazone groups is 1. The molecule has 0 spiro atoms. The quantitative estimate of drug-likeness (QED) is 0.525. The number of benzene rings is 1. The number of phenolic OH excluding ortho intramolecular Hbond substituents is 1. The topological polar surface area (TPSA) is 79.0 Å². The number of rotatable bonds is 3. The van der Waals surface area contributed by atoms with E-state index in [1.165, 1.54) is 18.7 Å². The highest BCUT2D eigenvalue weighted by Gasteiger charge is 2.18. The smallest absolute Gasteiger partial charge is 0.312 e. The predicted octanol–water partition coefficient (Wildman–Crippen LogP) is 2.77. The molecule has 0 aromatic heterocycles. The van der Waals surface area contributed by atoms with Crippen LogP contribution in [0.15, 0.2) is 17.2 Å². The van der Waals surface area contributed by atoms with Gasteiger partial charge in [0.2, 0.25) is 5.75 Å². The molecule has 102 valence electrons. The van der Waals surface area contributed by atoms with Gasteiger partial charge in [0.15, 0.2) is 0 Å². The van der Waals surface area contributed by atoms with Crippen molar-refractivity contribution in [1.29, 1.82) is 0 Å². The van der Waals surface area contributed by atoms with Gasteiger partial charge >= 0.3 is 5.69 Å². The standard InChI is InChI=1S/C12H14ClN3O3/c13-10-6-9(12(17)11(7-10)16(18)19)8-14-15-4-2-1-3-5-15/h6-8,17H,1-5H2. The minimum Gasteiger partial charge on any atom is -0.502 e. The molecule has 0 bridgehead atoms. The second-order valence-electron chi connectivity index (χ2n) is 4.38. The molecule has 0 atom stereocenters. The summed E-state index contributed by atoms with van der Waals surface area (Å²) in [5, 5.41) is 26.9. The second-order valence-corrected chi connectivity index (χ2v) is 4.82. The number of piperidine rings is 1. The van der Waals surface area contributed by atoms with Crippen LogP contribution in [0.5, 0.6) is 5.75 Å². The zero-order chi connectivity index (χ0) is 13.8. The summed E-state index contributed by atoms with van der Waals surface area (Å²) in [4.78, 5) is 10.1. The molecule has 0 amide bonds. The van der Waals surface area contributed by atoms with Gasteiger partial charge in [-0.1, -0.05) is 11.6 Å². The van der Waals surface area contributed by atoms with Crippen LogP contribution < -0.4 is 0 Å². The number of nitro groups is 1. The summed E-state index contributed by atoms with van der Waals surface area (Å²) in [7, 11) is 0. The Kier molecular flexibility index (Phi) is 4.21. The van der Waals surface area contributed by atoms with E-state index in [2.05, 4.69) is 5.10 Å². The van der Waals surface area contributed by atoms with Crippen LogP contribution in [0.3, 0.4) is 0 Å². The van der Waals surface area contributed by atoms with Crippen molar-refractivity contribution in [3.8, 4) is 5.75 Å². The predicted molar refractivity (Wildman–Crippen MR) is 72.8 cm³/mol. The first-order valence-electron chi connectivity index (χ1n) is 6.04. The van der Waals surface area contributed by atoms with E-state index in [0.717, 1.165) is 32.0 Å². The molecule has 1 aliphatic rings. The van der Waals surface area contributed by atoms with Crippen LogP contribution >= 0.6 is 11.6 Å². The summed E-state index contributed by atoms with van der Waals surface area (Å²) in [6, 6.07) is 2.58. The van der Waals surface area contributed by atoms with E-state index in [4.69, 9.17) is 11.6 Å². The molecule has 6 nitrogen and oxygen atoms in total. The Labute approximate surface area is 115 Å². The highest BCUT2D eigenvalue weighted by molar-refractivity contribution is 6.31. The van der Waals surface area contributed by atoms with Gasteiger partial charge in [-0.25, -0.2) is 0 Å². The summed E-state index contributed by atoms with van der Waals surface area (Å²) < 4.78 is 0. The van der Waals surface area contributed by atoms with Crippen molar-refractivity contribution in [1.82, 2.24) is 5.01 Å². The van der Waals surface area contributed by atoms with Crippen LogP contribution in [0, 0.1) is 10.1 Å². The van der Waals surface area contributed by atoms with Crippen molar-refractivity contribution in [2.45, 2.75) is 19.3 Å². The Bertz CT molecular complexity index is 513. The molecule has 1 N–H and O–H groups in total. The van der Waals surface area contributed by atoms with E-state index in [-0.39, 0.29) is 10.6 Å². The summed E-state index contributed by atoms with van der Waals surface area (Å²) in [6.45, 7) is 1.72. The Morgan fingerprint density at radius 3 is 2.68 bits per heavy atom. The fourth-order valence-electron chi connectivity index (χ4n) is 1.98. The maximum absolute atomic E-state index is 10.8. The largest absolute Gasteiger partial charge is 0.502 e. The molecule has 0 unspecified atom stereocenters. The second kappa shape index (κ2) is 5.88. The lowest BCUT2D eigenvalue weighted by molar-refractivity contribution is -0.385. The normalized spacial score (nSPS) is 15.9. The van der Waals surface area contributed by atoms with Crippen LogP contribution in [0.2, 0.25) is 5.02 Å². The minimum atomic E-state index is -0.667. The number of aromatic hydroxyl groups is 1. The lowest BCUT2D eigenvalue weighted by Crippen LogP contribution is -2.24. The fourth-order valence-corrected chi connectivity index (χ4v) is 2.20. The molecule has 0 radical (unpaired) electrons. The molecule has 1 saturated heterocycles. The average Bonchev–Trinajstić information content (AvgIpc) is 2.40. The summed E-state index contributed by atoms with van der Waals surface area (Å²) >= 11 is 5.80. The fraction of sp³-hybridized carbons (Fsp3) is 0.417. The summed E-state index contributed by atoms with van der Waals surface area (Å²) in [6.07, 6.45) is 4.78. The van der Waals surface area contributed by atoms with E-state index < -0.39 is 16.4 Å². The van der Waals surface area contributed by atoms with E-state index in [1.807, 2.05) is 5.01 Å². The number of nitrogens with zero attached hydrogens (tertiary/aromatic N) is 3. The van der Waals surface area contributed by atoms with Crippen molar-refractivity contribution in [3.05, 3.63) is 32.8 Å². The lowest BCUT2D eigenvalue weighted by Gasteiger charge is -2.23. The first-order chi connectivity index (χ1) is 9.08. The van der Waals surface area contributed by atoms with E-state index in [9.17, 15) is 15.2 Å². The number of halogens is 1. The van der Waals surface area contributed by atoms with Crippen molar-refractivity contribution >= 4 is 23.5 Å². The molecule has 7 heteroatoms. The Morgan fingerprint density at radius 2 is 2.05 bits per heavy atom. The lowest BCUT2D eigenvalue weighted by atomic mass is 10.1. The van der Waals surface area contributed by atoms with Crippen molar-refractivity contribution in [3.63, 3.8) is 0 Å². The summed E-state index contributed by atoms with van der Waals surface area (Å²) in [5.41, 5.74) is -0.155. The molecule has 1 aromatic carbocycles. The molecule has 19 heavy (non-hydrogen) atoms. The Hall–Kier alpha value is -1.82. The number of nitro benzene ring substituents is 1. The number of hydrogen-bond donors (Lipinski definition) is 1.